The van der Waals surface area contributed by atoms with Gasteiger partial charge in [-0.2, -0.15) is 11.8 Å². The Morgan fingerprint density at radius 3 is 2.39 bits per heavy atom. The van der Waals surface area contributed by atoms with Gasteiger partial charge in [-0.1, -0.05) is 57.5 Å². The fraction of sp³-hybridized carbons (Fsp3) is 0.622. The van der Waals surface area contributed by atoms with Crippen LogP contribution in [0.4, 0.5) is 0 Å². The lowest BCUT2D eigenvalue weighted by atomic mass is 9.92. The number of aliphatic carboxylic acids is 1. The number of carbonyl (C=O) groups excluding carboxylic acids is 4. The monoisotopic (exact) mass is 741 g/mol. The molecule has 12 nitrogen and oxygen atoms in total. The van der Waals surface area contributed by atoms with Gasteiger partial charge in [-0.05, 0) is 50.8 Å². The van der Waals surface area contributed by atoms with Crippen LogP contribution in [0.1, 0.15) is 99.3 Å². The average Bonchev–Trinajstić information content (AvgIpc) is 3.52. The quantitative estimate of drug-likeness (QED) is 0.223. The topological polar surface area (TPSA) is 158 Å². The highest BCUT2D eigenvalue weighted by Gasteiger charge is 2.57. The van der Waals surface area contributed by atoms with Gasteiger partial charge in [0.15, 0.2) is 6.10 Å². The molecule has 14 heteroatoms. The first-order valence-electron chi connectivity index (χ1n) is 17.8. The van der Waals surface area contributed by atoms with Gasteiger partial charge in [-0.3, -0.25) is 28.9 Å². The van der Waals surface area contributed by atoms with E-state index >= 15 is 0 Å². The summed E-state index contributed by atoms with van der Waals surface area (Å²) in [7, 11) is 3.68. The van der Waals surface area contributed by atoms with Crippen molar-refractivity contribution in [3.05, 3.63) is 52.0 Å². The summed E-state index contributed by atoms with van der Waals surface area (Å²) in [6, 6.07) is 9.10. The first-order valence-corrected chi connectivity index (χ1v) is 19.8. The first kappa shape index (κ1) is 38.7. The van der Waals surface area contributed by atoms with Crippen molar-refractivity contribution in [3.8, 4) is 0 Å². The summed E-state index contributed by atoms with van der Waals surface area (Å²) in [5.41, 5.74) is -0.538. The Morgan fingerprint density at radius 2 is 1.80 bits per heavy atom. The summed E-state index contributed by atoms with van der Waals surface area (Å²) >= 11 is 2.81. The van der Waals surface area contributed by atoms with Crippen LogP contribution in [0.5, 0.6) is 0 Å². The van der Waals surface area contributed by atoms with Gasteiger partial charge in [-0.15, -0.1) is 11.3 Å². The highest BCUT2D eigenvalue weighted by Crippen LogP contribution is 2.55. The van der Waals surface area contributed by atoms with E-state index in [2.05, 4.69) is 20.5 Å². The Morgan fingerprint density at radius 1 is 1.10 bits per heavy atom. The third-order valence-electron chi connectivity index (χ3n) is 10.7. The fourth-order valence-electron chi connectivity index (χ4n) is 7.57. The van der Waals surface area contributed by atoms with E-state index in [1.165, 1.54) is 18.3 Å². The van der Waals surface area contributed by atoms with Gasteiger partial charge in [0.25, 0.3) is 5.91 Å². The Labute approximate surface area is 308 Å². The zero-order valence-corrected chi connectivity index (χ0v) is 32.0. The van der Waals surface area contributed by atoms with Crippen LogP contribution < -0.4 is 10.6 Å². The largest absolute Gasteiger partial charge is 0.481 e. The standard InChI is InChI=1S/C37H51N5O7S2/c1-22(2)29(42(6)35(48)37(20-50-21-37)40-32(45)28-14-10-11-15-41(28)5)16-30(49-24(4)43)33-38-27(19-51-33)31(44)39-36(17-23(3)34(46)47)18-26(36)25-12-8-7-9-13-25/h7-9,12-13,19,22-23,26,28-30H,10-11,14-18,20-21H2,1-6H3,(H,39,44)(H,40,45)(H,46,47)/t23-,26?,28+,29+,30+,36?/m0/s1. The molecule has 0 radical (unpaired) electrons. The lowest BCUT2D eigenvalue weighted by Crippen LogP contribution is -2.70. The predicted molar refractivity (Wildman–Crippen MR) is 197 cm³/mol. The van der Waals surface area contributed by atoms with Crippen LogP contribution in [0.15, 0.2) is 35.7 Å². The van der Waals surface area contributed by atoms with Gasteiger partial charge in [0.05, 0.1) is 12.0 Å². The molecule has 1 aromatic heterocycles. The number of likely N-dealkylation sites (N-methyl/N-ethyl adjacent to an activating group) is 2. The number of piperidine rings is 1. The molecule has 1 saturated carbocycles. The minimum Gasteiger partial charge on any atom is -0.481 e. The number of hydrogen-bond donors (Lipinski definition) is 3. The van der Waals surface area contributed by atoms with E-state index in [1.54, 1.807) is 36.0 Å². The molecule has 2 aliphatic heterocycles. The molecule has 5 rings (SSSR count). The van der Waals surface area contributed by atoms with E-state index in [0.717, 1.165) is 31.4 Å². The highest BCUT2D eigenvalue weighted by molar-refractivity contribution is 8.01. The second kappa shape index (κ2) is 16.0. The first-order chi connectivity index (χ1) is 24.2. The number of amides is 3. The molecule has 6 atom stereocenters. The SMILES string of the molecule is CC(=O)O[C@H](C[C@H](C(C)C)N(C)C(=O)C1(NC(=O)[C@H]2CCCCN2C)CSC1)c1nc(C(=O)NC2(C[C@H](C)C(=O)O)CC2c2ccccc2)cs1. The number of rotatable bonds is 15. The summed E-state index contributed by atoms with van der Waals surface area (Å²) in [5.74, 6) is -1.91. The summed E-state index contributed by atoms with van der Waals surface area (Å²) in [6.07, 6.45) is 3.09. The lowest BCUT2D eigenvalue weighted by Gasteiger charge is -2.46. The van der Waals surface area contributed by atoms with Crippen LogP contribution in [0.2, 0.25) is 0 Å². The summed E-state index contributed by atoms with van der Waals surface area (Å²) in [4.78, 5) is 73.7. The zero-order chi connectivity index (χ0) is 37.1. The molecule has 0 spiro atoms. The molecule has 0 bridgehead atoms. The number of hydrogen-bond acceptors (Lipinski definition) is 10. The fourth-order valence-corrected chi connectivity index (χ4v) is 9.41. The maximum atomic E-state index is 14.2. The summed E-state index contributed by atoms with van der Waals surface area (Å²) in [6.45, 7) is 7.79. The van der Waals surface area contributed by atoms with Gasteiger partial charge >= 0.3 is 11.9 Å². The molecule has 2 saturated heterocycles. The smallest absolute Gasteiger partial charge is 0.306 e. The van der Waals surface area contributed by atoms with Crippen molar-refractivity contribution in [3.63, 3.8) is 0 Å². The molecular weight excluding hydrogens is 691 g/mol. The van der Waals surface area contributed by atoms with E-state index < -0.39 is 40.9 Å². The Balaban J connectivity index is 1.31. The average molecular weight is 742 g/mol. The second-order valence-electron chi connectivity index (χ2n) is 14.9. The van der Waals surface area contributed by atoms with Crippen LogP contribution in [0, 0.1) is 11.8 Å². The second-order valence-corrected chi connectivity index (χ2v) is 16.8. The number of carboxylic acids is 1. The van der Waals surface area contributed by atoms with Crippen molar-refractivity contribution in [1.29, 1.82) is 0 Å². The zero-order valence-electron chi connectivity index (χ0n) is 30.3. The molecule has 3 fully saturated rings. The highest BCUT2D eigenvalue weighted by atomic mass is 32.2. The van der Waals surface area contributed by atoms with Gasteiger partial charge in [-0.25, -0.2) is 4.98 Å². The Bertz CT molecular complexity index is 1600. The number of carboxylic acid groups (broad SMARTS) is 1. The summed E-state index contributed by atoms with van der Waals surface area (Å²) in [5, 5.41) is 17.9. The molecule has 2 aromatic rings. The van der Waals surface area contributed by atoms with Gasteiger partial charge in [0, 0.05) is 54.8 Å². The van der Waals surface area contributed by atoms with E-state index in [-0.39, 0.29) is 54.3 Å². The van der Waals surface area contributed by atoms with Gasteiger partial charge in [0.1, 0.15) is 16.2 Å². The van der Waals surface area contributed by atoms with Crippen molar-refractivity contribution in [2.45, 2.75) is 101 Å². The number of nitrogens with zero attached hydrogens (tertiary/aromatic N) is 3. The van der Waals surface area contributed by atoms with Gasteiger partial charge in [0.2, 0.25) is 11.8 Å². The minimum absolute atomic E-state index is 0.0260. The number of nitrogens with one attached hydrogen (secondary N) is 2. The van der Waals surface area contributed by atoms with E-state index in [0.29, 0.717) is 22.9 Å². The predicted octanol–water partition coefficient (Wildman–Crippen LogP) is 4.47. The molecule has 3 amide bonds. The van der Waals surface area contributed by atoms with Crippen molar-refractivity contribution in [1.82, 2.24) is 25.4 Å². The molecule has 278 valence electrons. The van der Waals surface area contributed by atoms with Crippen molar-refractivity contribution < 1.29 is 33.8 Å². The molecule has 51 heavy (non-hydrogen) atoms. The number of aromatic nitrogens is 1. The van der Waals surface area contributed by atoms with Crippen LogP contribution in [0.25, 0.3) is 0 Å². The van der Waals surface area contributed by atoms with Crippen LogP contribution in [-0.4, -0.2) is 105 Å². The summed E-state index contributed by atoms with van der Waals surface area (Å²) < 4.78 is 5.78. The molecule has 3 N–H and O–H groups in total. The molecule has 2 unspecified atom stereocenters. The molecule has 1 aliphatic carbocycles. The van der Waals surface area contributed by atoms with Crippen molar-refractivity contribution in [2.75, 3.05) is 32.1 Å². The number of benzene rings is 1. The third-order valence-corrected chi connectivity index (χ3v) is 13.0. The number of likely N-dealkylation sites (tertiary alicyclic amines) is 1. The lowest BCUT2D eigenvalue weighted by molar-refractivity contribution is -0.150. The minimum atomic E-state index is -1.00. The van der Waals surface area contributed by atoms with Crippen molar-refractivity contribution in [2.24, 2.45) is 11.8 Å². The molecular formula is C37H51N5O7S2. The number of thiazole rings is 1. The molecule has 3 aliphatic rings. The maximum absolute atomic E-state index is 14.2. The maximum Gasteiger partial charge on any atom is 0.306 e. The Hall–Kier alpha value is -3.49. The van der Waals surface area contributed by atoms with E-state index in [4.69, 9.17) is 4.74 Å². The van der Waals surface area contributed by atoms with Gasteiger partial charge < -0.3 is 25.4 Å². The molecule has 3 heterocycles. The van der Waals surface area contributed by atoms with Crippen LogP contribution >= 0.6 is 23.1 Å². The number of thioether (sulfide) groups is 1. The Kier molecular flexibility index (Phi) is 12.2. The third kappa shape index (κ3) is 8.77. The number of carbonyl (C=O) groups is 5. The van der Waals surface area contributed by atoms with Crippen molar-refractivity contribution >= 4 is 52.8 Å². The van der Waals surface area contributed by atoms with Crippen LogP contribution in [-0.2, 0) is 23.9 Å². The normalized spacial score (nSPS) is 24.4. The van der Waals surface area contributed by atoms with E-state index in [1.807, 2.05) is 51.2 Å². The molecule has 1 aromatic carbocycles. The van der Waals surface area contributed by atoms with Crippen LogP contribution in [0.3, 0.4) is 0 Å². The van der Waals surface area contributed by atoms with E-state index in [9.17, 15) is 29.1 Å². The number of ether oxygens (including phenoxy) is 1. The number of esters is 1.